The van der Waals surface area contributed by atoms with Crippen molar-refractivity contribution in [1.29, 1.82) is 0 Å². The van der Waals surface area contributed by atoms with Crippen molar-refractivity contribution in [2.45, 2.75) is 51.2 Å². The predicted molar refractivity (Wildman–Crippen MR) is 96.1 cm³/mol. The first-order valence-corrected chi connectivity index (χ1v) is 9.00. The lowest BCUT2D eigenvalue weighted by atomic mass is 10.0. The Morgan fingerprint density at radius 2 is 2.04 bits per heavy atom. The molecule has 1 aromatic carbocycles. The van der Waals surface area contributed by atoms with E-state index in [0.29, 0.717) is 12.5 Å². The highest BCUT2D eigenvalue weighted by Crippen LogP contribution is 2.32. The third-order valence-electron chi connectivity index (χ3n) is 5.27. The van der Waals surface area contributed by atoms with Crippen LogP contribution in [0.4, 0.5) is 0 Å². The molecule has 0 aliphatic carbocycles. The molecule has 0 saturated carbocycles. The zero-order valence-corrected chi connectivity index (χ0v) is 14.9. The first-order chi connectivity index (χ1) is 11.5. The summed E-state index contributed by atoms with van der Waals surface area (Å²) in [6, 6.07) is 6.13. The van der Waals surface area contributed by atoms with Crippen LogP contribution in [0.3, 0.4) is 0 Å². The van der Waals surface area contributed by atoms with Crippen LogP contribution in [0, 0.1) is 6.92 Å². The van der Waals surface area contributed by atoms with Crippen LogP contribution >= 0.6 is 11.6 Å². The zero-order chi connectivity index (χ0) is 17.3. The van der Waals surface area contributed by atoms with Crippen molar-refractivity contribution in [3.63, 3.8) is 0 Å². The van der Waals surface area contributed by atoms with Crippen LogP contribution in [0.15, 0.2) is 30.5 Å². The minimum atomic E-state index is -0.715. The second-order valence-corrected chi connectivity index (χ2v) is 7.36. The lowest BCUT2D eigenvalue weighted by Gasteiger charge is -2.40. The molecule has 2 aliphatic rings. The lowest BCUT2D eigenvalue weighted by Crippen LogP contribution is -2.47. The van der Waals surface area contributed by atoms with Gasteiger partial charge in [-0.1, -0.05) is 30.3 Å². The van der Waals surface area contributed by atoms with Crippen molar-refractivity contribution in [3.05, 3.63) is 46.6 Å². The first kappa shape index (κ1) is 17.3. The summed E-state index contributed by atoms with van der Waals surface area (Å²) in [4.78, 5) is 16.0. The zero-order valence-electron chi connectivity index (χ0n) is 14.2. The highest BCUT2D eigenvalue weighted by Gasteiger charge is 2.38. The fourth-order valence-electron chi connectivity index (χ4n) is 3.97. The van der Waals surface area contributed by atoms with Crippen LogP contribution in [0.5, 0.6) is 0 Å². The molecule has 0 amide bonds. The summed E-state index contributed by atoms with van der Waals surface area (Å²) < 4.78 is 0. The number of hydrogen-bond acceptors (Lipinski definition) is 3. The van der Waals surface area contributed by atoms with Gasteiger partial charge in [-0.25, -0.2) is 4.79 Å². The summed E-state index contributed by atoms with van der Waals surface area (Å²) in [5, 5.41) is 10.2. The summed E-state index contributed by atoms with van der Waals surface area (Å²) in [6.45, 7) is 9.02. The number of aryl methyl sites for hydroxylation is 1. The number of rotatable bonds is 4. The number of benzene rings is 1. The van der Waals surface area contributed by atoms with Crippen molar-refractivity contribution < 1.29 is 9.90 Å². The second kappa shape index (κ2) is 7.16. The third kappa shape index (κ3) is 3.60. The minimum Gasteiger partial charge on any atom is -0.480 e. The average Bonchev–Trinajstić information content (AvgIpc) is 2.94. The number of likely N-dealkylation sites (tertiary alicyclic amines) is 2. The summed E-state index contributed by atoms with van der Waals surface area (Å²) in [5.74, 6) is -0.715. The third-order valence-corrected chi connectivity index (χ3v) is 5.70. The van der Waals surface area contributed by atoms with Gasteiger partial charge in [0.25, 0.3) is 0 Å². The maximum atomic E-state index is 11.5. The normalized spacial score (nSPS) is 23.0. The van der Waals surface area contributed by atoms with E-state index < -0.39 is 5.97 Å². The molecule has 0 bridgehead atoms. The SMILES string of the molecule is C=C1CC[C@H](C(=O)O)N1C1CCN(Cc2ccc(Cl)c(C)c2)CC1. The van der Waals surface area contributed by atoms with E-state index in [9.17, 15) is 9.90 Å². The van der Waals surface area contributed by atoms with E-state index in [4.69, 9.17) is 11.6 Å². The Kier molecular flexibility index (Phi) is 5.16. The molecular weight excluding hydrogens is 324 g/mol. The average molecular weight is 349 g/mol. The summed E-state index contributed by atoms with van der Waals surface area (Å²) in [5.41, 5.74) is 3.39. The van der Waals surface area contributed by atoms with Gasteiger partial charge in [-0.15, -0.1) is 0 Å². The Hall–Kier alpha value is -1.52. The highest BCUT2D eigenvalue weighted by molar-refractivity contribution is 6.31. The molecule has 2 saturated heterocycles. The Balaban J connectivity index is 1.58. The fraction of sp³-hybridized carbons (Fsp3) is 0.526. The molecule has 0 unspecified atom stereocenters. The van der Waals surface area contributed by atoms with E-state index in [1.807, 2.05) is 13.0 Å². The molecule has 2 aliphatic heterocycles. The van der Waals surface area contributed by atoms with Crippen molar-refractivity contribution in [3.8, 4) is 0 Å². The number of halogens is 1. The van der Waals surface area contributed by atoms with Crippen LogP contribution in [0.2, 0.25) is 5.02 Å². The monoisotopic (exact) mass is 348 g/mol. The quantitative estimate of drug-likeness (QED) is 0.901. The largest absolute Gasteiger partial charge is 0.480 e. The Morgan fingerprint density at radius 1 is 1.33 bits per heavy atom. The number of aliphatic carboxylic acids is 1. The van der Waals surface area contributed by atoms with Gasteiger partial charge in [0.2, 0.25) is 0 Å². The van der Waals surface area contributed by atoms with Crippen LogP contribution in [-0.2, 0) is 11.3 Å². The van der Waals surface area contributed by atoms with Crippen molar-refractivity contribution >= 4 is 17.6 Å². The predicted octanol–water partition coefficient (Wildman–Crippen LogP) is 3.68. The van der Waals surface area contributed by atoms with Gasteiger partial charge in [0.05, 0.1) is 0 Å². The van der Waals surface area contributed by atoms with Crippen LogP contribution in [0.25, 0.3) is 0 Å². The molecule has 5 heteroatoms. The summed E-state index contributed by atoms with van der Waals surface area (Å²) >= 11 is 6.09. The number of hydrogen-bond donors (Lipinski definition) is 1. The molecule has 24 heavy (non-hydrogen) atoms. The Bertz CT molecular complexity index is 638. The van der Waals surface area contributed by atoms with Gasteiger partial charge in [0.1, 0.15) is 6.04 Å². The van der Waals surface area contributed by atoms with E-state index in [0.717, 1.165) is 55.2 Å². The number of allylic oxidation sites excluding steroid dienone is 1. The van der Waals surface area contributed by atoms with Crippen molar-refractivity contribution in [2.75, 3.05) is 13.1 Å². The molecule has 3 rings (SSSR count). The second-order valence-electron chi connectivity index (χ2n) is 6.96. The van der Waals surface area contributed by atoms with Crippen molar-refractivity contribution in [1.82, 2.24) is 9.80 Å². The van der Waals surface area contributed by atoms with Crippen molar-refractivity contribution in [2.24, 2.45) is 0 Å². The van der Waals surface area contributed by atoms with Gasteiger partial charge in [0.15, 0.2) is 0 Å². The highest BCUT2D eigenvalue weighted by atomic mass is 35.5. The minimum absolute atomic E-state index is 0.310. The van der Waals surface area contributed by atoms with Crippen LogP contribution in [0.1, 0.15) is 36.8 Å². The van der Waals surface area contributed by atoms with Gasteiger partial charge >= 0.3 is 5.97 Å². The topological polar surface area (TPSA) is 43.8 Å². The van der Waals surface area contributed by atoms with E-state index in [1.54, 1.807) is 0 Å². The smallest absolute Gasteiger partial charge is 0.326 e. The molecule has 130 valence electrons. The summed E-state index contributed by atoms with van der Waals surface area (Å²) in [6.07, 6.45) is 3.49. The molecule has 1 atom stereocenters. The fourth-order valence-corrected chi connectivity index (χ4v) is 4.08. The lowest BCUT2D eigenvalue weighted by molar-refractivity contribution is -0.142. The number of carboxylic acids is 1. The van der Waals surface area contributed by atoms with Crippen LogP contribution < -0.4 is 0 Å². The first-order valence-electron chi connectivity index (χ1n) is 8.62. The molecule has 0 aromatic heterocycles. The molecule has 1 aromatic rings. The van der Waals surface area contributed by atoms with Gasteiger partial charge < -0.3 is 10.0 Å². The van der Waals surface area contributed by atoms with Gasteiger partial charge in [-0.3, -0.25) is 4.90 Å². The Morgan fingerprint density at radius 3 is 2.67 bits per heavy atom. The molecule has 1 N–H and O–H groups in total. The van der Waals surface area contributed by atoms with Gasteiger partial charge in [0, 0.05) is 36.4 Å². The molecule has 0 spiro atoms. The van der Waals surface area contributed by atoms with Crippen LogP contribution in [-0.4, -0.2) is 46.0 Å². The van der Waals surface area contributed by atoms with E-state index in [-0.39, 0.29) is 6.04 Å². The molecule has 2 heterocycles. The van der Waals surface area contributed by atoms with E-state index in [1.165, 1.54) is 5.56 Å². The van der Waals surface area contributed by atoms with E-state index in [2.05, 4.69) is 28.5 Å². The van der Waals surface area contributed by atoms with Gasteiger partial charge in [-0.2, -0.15) is 0 Å². The molecule has 4 nitrogen and oxygen atoms in total. The standard InChI is InChI=1S/C19H25ClN2O2/c1-13-11-15(4-5-17(13)20)12-21-9-7-16(8-10-21)22-14(2)3-6-18(22)19(23)24/h4-5,11,16,18H,2-3,6-10,12H2,1H3,(H,23,24)/t18-/m1/s1. The molecule has 2 fully saturated rings. The number of carboxylic acid groups (broad SMARTS) is 1. The molecule has 0 radical (unpaired) electrons. The maximum Gasteiger partial charge on any atom is 0.326 e. The van der Waals surface area contributed by atoms with Gasteiger partial charge in [-0.05, 0) is 49.8 Å². The number of piperidine rings is 1. The molecular formula is C19H25ClN2O2. The Labute approximate surface area is 148 Å². The summed E-state index contributed by atoms with van der Waals surface area (Å²) in [7, 11) is 0. The maximum absolute atomic E-state index is 11.5. The number of carbonyl (C=O) groups is 1. The van der Waals surface area contributed by atoms with E-state index >= 15 is 0 Å². The number of nitrogens with zero attached hydrogens (tertiary/aromatic N) is 2.